The second-order valence-corrected chi connectivity index (χ2v) is 9.11. The number of hydrogen-bond acceptors (Lipinski definition) is 6. The standard InChI is InChI=1S/C22H26N4O2S2/c1-4-6-12-25-19(24-10-7-8-11-24)16(15(3)17(14-23)20(25)27)13-18-21(28)26(9-5-2)22(29)30-18/h5,13H,2,4,6-12H2,1,3H3. The molecule has 0 aliphatic carbocycles. The molecule has 8 heteroatoms. The number of aromatic nitrogens is 1. The van der Waals surface area contributed by atoms with Crippen LogP contribution in [0.2, 0.25) is 0 Å². The maximum atomic E-state index is 13.1. The summed E-state index contributed by atoms with van der Waals surface area (Å²) in [5.41, 5.74) is 1.28. The average Bonchev–Trinajstić information content (AvgIpc) is 3.34. The Labute approximate surface area is 186 Å². The Bertz CT molecular complexity index is 1010. The van der Waals surface area contributed by atoms with Gasteiger partial charge < -0.3 is 4.90 Å². The van der Waals surface area contributed by atoms with Crippen LogP contribution in [0.1, 0.15) is 49.3 Å². The summed E-state index contributed by atoms with van der Waals surface area (Å²) in [4.78, 5) is 30.2. The molecule has 2 aliphatic heterocycles. The number of carbonyl (C=O) groups excluding carboxylic acids is 1. The molecule has 0 aromatic carbocycles. The third-order valence-corrected chi connectivity index (χ3v) is 6.83. The first-order valence-electron chi connectivity index (χ1n) is 10.2. The summed E-state index contributed by atoms with van der Waals surface area (Å²) < 4.78 is 2.22. The van der Waals surface area contributed by atoms with Gasteiger partial charge in [0, 0.05) is 31.7 Å². The third kappa shape index (κ3) is 4.09. The number of anilines is 1. The summed E-state index contributed by atoms with van der Waals surface area (Å²) in [6.45, 7) is 10.2. The van der Waals surface area contributed by atoms with E-state index in [1.807, 2.05) is 6.08 Å². The van der Waals surface area contributed by atoms with Gasteiger partial charge in [-0.2, -0.15) is 5.26 Å². The van der Waals surface area contributed by atoms with Crippen molar-refractivity contribution in [3.05, 3.63) is 44.6 Å². The molecule has 0 atom stereocenters. The van der Waals surface area contributed by atoms with Gasteiger partial charge in [-0.15, -0.1) is 6.58 Å². The summed E-state index contributed by atoms with van der Waals surface area (Å²) in [5.74, 6) is 0.651. The highest BCUT2D eigenvalue weighted by atomic mass is 32.2. The van der Waals surface area contributed by atoms with Gasteiger partial charge in [-0.3, -0.25) is 19.1 Å². The Morgan fingerprint density at radius 2 is 2.00 bits per heavy atom. The molecular formula is C22H26N4O2S2. The summed E-state index contributed by atoms with van der Waals surface area (Å²) in [6.07, 6.45) is 7.36. The monoisotopic (exact) mass is 442 g/mol. The summed E-state index contributed by atoms with van der Waals surface area (Å²) in [6, 6.07) is 2.09. The minimum absolute atomic E-state index is 0.141. The molecule has 3 rings (SSSR count). The molecule has 0 unspecified atom stereocenters. The number of amides is 1. The number of nitrogens with zero attached hydrogens (tertiary/aromatic N) is 4. The molecule has 1 aromatic rings. The van der Waals surface area contributed by atoms with Crippen LogP contribution in [0.5, 0.6) is 0 Å². The second kappa shape index (κ2) is 9.63. The zero-order valence-electron chi connectivity index (χ0n) is 17.4. The van der Waals surface area contributed by atoms with Gasteiger partial charge in [-0.25, -0.2) is 0 Å². The fourth-order valence-corrected chi connectivity index (χ4v) is 5.11. The molecule has 2 fully saturated rings. The van der Waals surface area contributed by atoms with Gasteiger partial charge in [-0.05, 0) is 37.8 Å². The van der Waals surface area contributed by atoms with Gasteiger partial charge in [0.1, 0.15) is 21.8 Å². The number of nitriles is 1. The summed E-state index contributed by atoms with van der Waals surface area (Å²) in [7, 11) is 0. The van der Waals surface area contributed by atoms with Crippen LogP contribution in [0.15, 0.2) is 22.4 Å². The van der Waals surface area contributed by atoms with E-state index in [0.29, 0.717) is 27.9 Å². The minimum Gasteiger partial charge on any atom is -0.357 e. The van der Waals surface area contributed by atoms with E-state index in [0.717, 1.165) is 50.2 Å². The van der Waals surface area contributed by atoms with Crippen LogP contribution in [-0.4, -0.2) is 39.3 Å². The van der Waals surface area contributed by atoms with Gasteiger partial charge in [0.25, 0.3) is 11.5 Å². The van der Waals surface area contributed by atoms with E-state index in [9.17, 15) is 14.9 Å². The van der Waals surface area contributed by atoms with Gasteiger partial charge in [0.2, 0.25) is 0 Å². The number of thiocarbonyl (C=S) groups is 1. The van der Waals surface area contributed by atoms with E-state index < -0.39 is 0 Å². The molecule has 0 saturated carbocycles. The molecular weight excluding hydrogens is 416 g/mol. The molecule has 0 radical (unpaired) electrons. The largest absolute Gasteiger partial charge is 0.357 e. The molecule has 0 bridgehead atoms. The number of unbranched alkanes of at least 4 members (excludes halogenated alkanes) is 1. The summed E-state index contributed by atoms with van der Waals surface area (Å²) in [5, 5.41) is 9.69. The van der Waals surface area contributed by atoms with E-state index in [1.165, 1.54) is 16.7 Å². The van der Waals surface area contributed by atoms with Crippen molar-refractivity contribution in [2.75, 3.05) is 24.5 Å². The Kier molecular flexibility index (Phi) is 7.16. The van der Waals surface area contributed by atoms with Crippen molar-refractivity contribution in [2.45, 2.75) is 46.1 Å². The molecule has 0 spiro atoms. The predicted molar refractivity (Wildman–Crippen MR) is 127 cm³/mol. The first-order valence-corrected chi connectivity index (χ1v) is 11.5. The third-order valence-electron chi connectivity index (χ3n) is 5.45. The van der Waals surface area contributed by atoms with Crippen molar-refractivity contribution in [1.82, 2.24) is 9.47 Å². The van der Waals surface area contributed by atoms with Crippen LogP contribution in [-0.2, 0) is 11.3 Å². The SMILES string of the molecule is C=CCN1C(=O)C(=Cc2c(C)c(C#N)c(=O)n(CCCC)c2N2CCCC2)SC1=S. The van der Waals surface area contributed by atoms with Crippen molar-refractivity contribution in [1.29, 1.82) is 5.26 Å². The van der Waals surface area contributed by atoms with Crippen LogP contribution in [0.4, 0.5) is 5.82 Å². The lowest BCUT2D eigenvalue weighted by Crippen LogP contribution is -2.33. The van der Waals surface area contributed by atoms with Crippen molar-refractivity contribution < 1.29 is 4.79 Å². The highest BCUT2D eigenvalue weighted by Gasteiger charge is 2.32. The highest BCUT2D eigenvalue weighted by Crippen LogP contribution is 2.36. The number of rotatable bonds is 7. The smallest absolute Gasteiger partial charge is 0.270 e. The Balaban J connectivity index is 2.23. The topological polar surface area (TPSA) is 69.3 Å². The predicted octanol–water partition coefficient (Wildman–Crippen LogP) is 3.82. The van der Waals surface area contributed by atoms with E-state index in [1.54, 1.807) is 17.6 Å². The number of pyridine rings is 1. The average molecular weight is 443 g/mol. The van der Waals surface area contributed by atoms with Crippen molar-refractivity contribution in [3.63, 3.8) is 0 Å². The fourth-order valence-electron chi connectivity index (χ4n) is 3.86. The zero-order chi connectivity index (χ0) is 21.8. The first-order chi connectivity index (χ1) is 14.4. The normalized spacial score (nSPS) is 17.8. The molecule has 6 nitrogen and oxygen atoms in total. The second-order valence-electron chi connectivity index (χ2n) is 7.43. The maximum absolute atomic E-state index is 13.1. The number of thioether (sulfide) groups is 1. The van der Waals surface area contributed by atoms with E-state index >= 15 is 0 Å². The van der Waals surface area contributed by atoms with Gasteiger partial charge >= 0.3 is 0 Å². The molecule has 0 N–H and O–H groups in total. The van der Waals surface area contributed by atoms with Crippen LogP contribution in [0.25, 0.3) is 6.08 Å². The molecule has 1 amide bonds. The van der Waals surface area contributed by atoms with E-state index in [-0.39, 0.29) is 17.0 Å². The molecule has 2 saturated heterocycles. The van der Waals surface area contributed by atoms with Gasteiger partial charge in [0.15, 0.2) is 0 Å². The van der Waals surface area contributed by atoms with Crippen LogP contribution < -0.4 is 10.5 Å². The number of carbonyl (C=O) groups is 1. The van der Waals surface area contributed by atoms with E-state index in [2.05, 4.69) is 24.5 Å². The van der Waals surface area contributed by atoms with Crippen molar-refractivity contribution >= 4 is 46.1 Å². The van der Waals surface area contributed by atoms with Crippen LogP contribution in [0.3, 0.4) is 0 Å². The maximum Gasteiger partial charge on any atom is 0.270 e. The lowest BCUT2D eigenvalue weighted by Gasteiger charge is -2.27. The Morgan fingerprint density at radius 1 is 1.30 bits per heavy atom. The van der Waals surface area contributed by atoms with Gasteiger partial charge in [-0.1, -0.05) is 43.4 Å². The van der Waals surface area contributed by atoms with Crippen molar-refractivity contribution in [2.24, 2.45) is 0 Å². The number of hydrogen-bond donors (Lipinski definition) is 0. The lowest BCUT2D eigenvalue weighted by molar-refractivity contribution is -0.121. The molecule has 2 aliphatic rings. The van der Waals surface area contributed by atoms with Crippen LogP contribution >= 0.6 is 24.0 Å². The van der Waals surface area contributed by atoms with Crippen molar-refractivity contribution in [3.8, 4) is 6.07 Å². The Morgan fingerprint density at radius 3 is 2.60 bits per heavy atom. The lowest BCUT2D eigenvalue weighted by atomic mass is 10.0. The molecule has 1 aromatic heterocycles. The highest BCUT2D eigenvalue weighted by molar-refractivity contribution is 8.26. The quantitative estimate of drug-likeness (QED) is 0.363. The molecule has 3 heterocycles. The summed E-state index contributed by atoms with van der Waals surface area (Å²) >= 11 is 6.61. The van der Waals surface area contributed by atoms with E-state index in [4.69, 9.17) is 12.2 Å². The zero-order valence-corrected chi connectivity index (χ0v) is 19.1. The first kappa shape index (κ1) is 22.3. The minimum atomic E-state index is -0.248. The van der Waals surface area contributed by atoms with Crippen LogP contribution in [0, 0.1) is 18.3 Å². The Hall–Kier alpha value is -2.37. The van der Waals surface area contributed by atoms with Gasteiger partial charge in [0.05, 0.1) is 4.91 Å². The molecule has 158 valence electrons. The fraction of sp³-hybridized carbons (Fsp3) is 0.455. The molecule has 30 heavy (non-hydrogen) atoms.